The fourth-order valence-corrected chi connectivity index (χ4v) is 9.41. The molecule has 0 unspecified atom stereocenters. The fraction of sp³-hybridized carbons (Fsp3) is 0. The van der Waals surface area contributed by atoms with Crippen molar-refractivity contribution in [3.05, 3.63) is 243 Å². The van der Waals surface area contributed by atoms with Gasteiger partial charge < -0.3 is 13.9 Å². The zero-order chi connectivity index (χ0) is 41.7. The number of aromatic nitrogens is 1. The van der Waals surface area contributed by atoms with Crippen molar-refractivity contribution in [2.45, 2.75) is 0 Å². The summed E-state index contributed by atoms with van der Waals surface area (Å²) in [7, 11) is 0. The van der Waals surface area contributed by atoms with Crippen LogP contribution in [0.4, 0.5) is 17.1 Å². The van der Waals surface area contributed by atoms with E-state index in [0.717, 1.165) is 61.4 Å². The highest BCUT2D eigenvalue weighted by atomic mass is 16.3. The van der Waals surface area contributed by atoms with Crippen LogP contribution < -0.4 is 4.90 Å². The first kappa shape index (κ1) is 36.5. The molecule has 2 heterocycles. The zero-order valence-electron chi connectivity index (χ0n) is 34.4. The van der Waals surface area contributed by atoms with Gasteiger partial charge in [0.05, 0.1) is 22.4 Å². The molecule has 12 aromatic rings. The Morgan fingerprint density at radius 1 is 0.302 bits per heavy atom. The Hall–Kier alpha value is -8.40. The molecule has 3 heteroatoms. The van der Waals surface area contributed by atoms with Gasteiger partial charge in [0.25, 0.3) is 0 Å². The van der Waals surface area contributed by atoms with Gasteiger partial charge in [-0.3, -0.25) is 0 Å². The van der Waals surface area contributed by atoms with E-state index < -0.39 is 0 Å². The topological polar surface area (TPSA) is 21.3 Å². The molecule has 0 saturated heterocycles. The summed E-state index contributed by atoms with van der Waals surface area (Å²) in [5.41, 5.74) is 17.8. The highest BCUT2D eigenvalue weighted by Crippen LogP contribution is 2.44. The van der Waals surface area contributed by atoms with Crippen LogP contribution in [0.1, 0.15) is 0 Å². The number of hydrogen-bond donors (Lipinski definition) is 0. The van der Waals surface area contributed by atoms with Crippen LogP contribution >= 0.6 is 0 Å². The normalized spacial score (nSPS) is 11.5. The predicted molar refractivity (Wildman–Crippen MR) is 264 cm³/mol. The number of furan rings is 1. The molecular formula is C60H40N2O. The van der Waals surface area contributed by atoms with E-state index in [2.05, 4.69) is 240 Å². The number of rotatable bonds is 8. The maximum absolute atomic E-state index is 6.40. The number of para-hydroxylation sites is 5. The summed E-state index contributed by atoms with van der Waals surface area (Å²) in [6, 6.07) is 87.1. The molecule has 0 saturated carbocycles. The van der Waals surface area contributed by atoms with Gasteiger partial charge in [-0.1, -0.05) is 176 Å². The Balaban J connectivity index is 0.968. The Labute approximate surface area is 366 Å². The minimum absolute atomic E-state index is 0.879. The maximum Gasteiger partial charge on any atom is 0.136 e. The summed E-state index contributed by atoms with van der Waals surface area (Å²) in [5.74, 6) is 0. The van der Waals surface area contributed by atoms with Crippen molar-refractivity contribution >= 4 is 60.8 Å². The van der Waals surface area contributed by atoms with Gasteiger partial charge in [-0.05, 0) is 100 Å². The van der Waals surface area contributed by atoms with Gasteiger partial charge >= 0.3 is 0 Å². The average Bonchev–Trinajstić information content (AvgIpc) is 3.90. The van der Waals surface area contributed by atoms with Crippen LogP contribution in [0, 0.1) is 0 Å². The van der Waals surface area contributed by atoms with E-state index in [1.165, 1.54) is 49.6 Å². The van der Waals surface area contributed by atoms with Crippen LogP contribution in [0.5, 0.6) is 0 Å². The molecule has 10 aromatic carbocycles. The largest absolute Gasteiger partial charge is 0.456 e. The van der Waals surface area contributed by atoms with E-state index in [4.69, 9.17) is 4.42 Å². The number of nitrogens with zero attached hydrogens (tertiary/aromatic N) is 2. The highest BCUT2D eigenvalue weighted by molar-refractivity contribution is 6.10. The Morgan fingerprint density at radius 3 is 1.43 bits per heavy atom. The first-order valence-corrected chi connectivity index (χ1v) is 21.5. The highest BCUT2D eigenvalue weighted by Gasteiger charge is 2.20. The molecule has 12 rings (SSSR count). The van der Waals surface area contributed by atoms with E-state index in [0.29, 0.717) is 0 Å². The van der Waals surface area contributed by atoms with Gasteiger partial charge in [-0.25, -0.2) is 0 Å². The quantitative estimate of drug-likeness (QED) is 0.153. The third kappa shape index (κ3) is 6.38. The second kappa shape index (κ2) is 15.3. The van der Waals surface area contributed by atoms with Crippen molar-refractivity contribution < 1.29 is 4.42 Å². The first-order chi connectivity index (χ1) is 31.2. The summed E-state index contributed by atoms with van der Waals surface area (Å²) in [6.07, 6.45) is 0. The first-order valence-electron chi connectivity index (χ1n) is 21.5. The summed E-state index contributed by atoms with van der Waals surface area (Å²) in [5, 5.41) is 4.75. The number of fused-ring (bicyclic) bond motifs is 6. The van der Waals surface area contributed by atoms with Crippen molar-refractivity contribution in [2.24, 2.45) is 0 Å². The van der Waals surface area contributed by atoms with Crippen molar-refractivity contribution in [3.8, 4) is 50.2 Å². The number of hydrogen-bond acceptors (Lipinski definition) is 2. The molecule has 0 aliphatic heterocycles. The molecule has 2 aromatic heterocycles. The van der Waals surface area contributed by atoms with Crippen LogP contribution in [0.2, 0.25) is 0 Å². The van der Waals surface area contributed by atoms with Crippen molar-refractivity contribution in [1.82, 2.24) is 4.57 Å². The average molecular weight is 805 g/mol. The minimum Gasteiger partial charge on any atom is -0.456 e. The van der Waals surface area contributed by atoms with Gasteiger partial charge in [0, 0.05) is 44.0 Å². The molecule has 0 radical (unpaired) electrons. The summed E-state index contributed by atoms with van der Waals surface area (Å²) < 4.78 is 8.80. The van der Waals surface area contributed by atoms with Crippen LogP contribution in [-0.2, 0) is 0 Å². The second-order valence-corrected chi connectivity index (χ2v) is 16.1. The van der Waals surface area contributed by atoms with Gasteiger partial charge in [-0.2, -0.15) is 0 Å². The van der Waals surface area contributed by atoms with E-state index >= 15 is 0 Å². The van der Waals surface area contributed by atoms with Gasteiger partial charge in [0.15, 0.2) is 0 Å². The van der Waals surface area contributed by atoms with Crippen LogP contribution in [-0.4, -0.2) is 4.57 Å². The summed E-state index contributed by atoms with van der Waals surface area (Å²) in [6.45, 7) is 0. The van der Waals surface area contributed by atoms with E-state index in [9.17, 15) is 0 Å². The van der Waals surface area contributed by atoms with Crippen LogP contribution in [0.15, 0.2) is 247 Å². The monoisotopic (exact) mass is 804 g/mol. The zero-order valence-corrected chi connectivity index (χ0v) is 34.4. The lowest BCUT2D eigenvalue weighted by molar-refractivity contribution is 0.669. The molecule has 0 aliphatic carbocycles. The molecule has 0 aliphatic rings. The van der Waals surface area contributed by atoms with Gasteiger partial charge in [0.1, 0.15) is 11.2 Å². The third-order valence-electron chi connectivity index (χ3n) is 12.4. The lowest BCUT2D eigenvalue weighted by Gasteiger charge is -2.28. The van der Waals surface area contributed by atoms with Crippen LogP contribution in [0.25, 0.3) is 93.9 Å². The molecule has 63 heavy (non-hydrogen) atoms. The SMILES string of the molecule is c1ccc(-c2ccc(-c3ccc(N(c4ccc(-c5ccccc5-n5c6ccccc6c6ccccc65)cc4)c4ccccc4-c4ccc5c(c4)oc4ccccc45)cc3)cc2)cc1. The van der Waals surface area contributed by atoms with Crippen molar-refractivity contribution in [1.29, 1.82) is 0 Å². The number of anilines is 3. The molecule has 0 amide bonds. The molecule has 0 fully saturated rings. The lowest BCUT2D eigenvalue weighted by atomic mass is 9.98. The predicted octanol–water partition coefficient (Wildman–Crippen LogP) is 16.8. The van der Waals surface area contributed by atoms with Crippen molar-refractivity contribution in [2.75, 3.05) is 4.90 Å². The molecule has 0 spiro atoms. The van der Waals surface area contributed by atoms with Gasteiger partial charge in [-0.15, -0.1) is 0 Å². The van der Waals surface area contributed by atoms with Crippen LogP contribution in [0.3, 0.4) is 0 Å². The maximum atomic E-state index is 6.40. The van der Waals surface area contributed by atoms with Crippen molar-refractivity contribution in [3.63, 3.8) is 0 Å². The second-order valence-electron chi connectivity index (χ2n) is 16.1. The molecule has 0 N–H and O–H groups in total. The standard InChI is InChI=1S/C60H40N2O/c1-2-14-41(15-3-1)42-26-28-43(29-27-42)44-30-35-47(36-31-44)61(55-21-9-5-17-50(55)46-34-39-54-53-20-8-13-25-59(53)63-60(54)40-46)48-37-32-45(33-38-48)49-16-4-10-22-56(49)62-57-23-11-6-18-51(57)52-19-7-12-24-58(52)62/h1-40H. The van der Waals surface area contributed by atoms with Gasteiger partial charge in [0.2, 0.25) is 0 Å². The Bertz CT molecular complexity index is 3550. The van der Waals surface area contributed by atoms with E-state index in [1.807, 2.05) is 12.1 Å². The van der Waals surface area contributed by atoms with E-state index in [-0.39, 0.29) is 0 Å². The summed E-state index contributed by atoms with van der Waals surface area (Å²) in [4.78, 5) is 2.38. The number of benzene rings is 10. The third-order valence-corrected chi connectivity index (χ3v) is 12.4. The summed E-state index contributed by atoms with van der Waals surface area (Å²) >= 11 is 0. The molecule has 0 atom stereocenters. The smallest absolute Gasteiger partial charge is 0.136 e. The molecule has 296 valence electrons. The molecule has 0 bridgehead atoms. The lowest BCUT2D eigenvalue weighted by Crippen LogP contribution is -2.11. The van der Waals surface area contributed by atoms with E-state index in [1.54, 1.807) is 0 Å². The fourth-order valence-electron chi connectivity index (χ4n) is 9.41. The molecular weight excluding hydrogens is 765 g/mol. The minimum atomic E-state index is 0.879. The molecule has 3 nitrogen and oxygen atoms in total. The Morgan fingerprint density at radius 2 is 0.762 bits per heavy atom. The Kier molecular flexibility index (Phi) is 8.83.